The van der Waals surface area contributed by atoms with Gasteiger partial charge in [-0.1, -0.05) is 24.0 Å². The molecule has 4 aromatic rings. The molecule has 0 spiro atoms. The fraction of sp³-hybridized carbons (Fsp3) is 0.320. The third-order valence-electron chi connectivity index (χ3n) is 6.60. The Hall–Kier alpha value is -3.71. The van der Waals surface area contributed by atoms with Crippen LogP contribution in [0.1, 0.15) is 29.8 Å². The van der Waals surface area contributed by atoms with Gasteiger partial charge in [0.1, 0.15) is 22.9 Å². The summed E-state index contributed by atoms with van der Waals surface area (Å²) in [4.78, 5) is 6.46. The second-order valence-electron chi connectivity index (χ2n) is 8.79. The number of halogens is 4. The molecule has 0 unspecified atom stereocenters. The number of aromatic nitrogens is 4. The van der Waals surface area contributed by atoms with E-state index in [1.165, 1.54) is 6.07 Å². The highest BCUT2D eigenvalue weighted by Gasteiger charge is 2.62. The van der Waals surface area contributed by atoms with E-state index in [0.717, 1.165) is 0 Å². The Morgan fingerprint density at radius 1 is 1.09 bits per heavy atom. The summed E-state index contributed by atoms with van der Waals surface area (Å²) in [5.41, 5.74) is 0.381. The van der Waals surface area contributed by atoms with Crippen LogP contribution in [0.4, 0.5) is 29.1 Å². The highest BCUT2D eigenvalue weighted by Crippen LogP contribution is 2.57. The molecule has 2 aliphatic rings. The van der Waals surface area contributed by atoms with Gasteiger partial charge in [0.25, 0.3) is 5.78 Å². The third kappa shape index (κ3) is 3.41. The minimum absolute atomic E-state index is 0.00805. The molecule has 0 amide bonds. The molecule has 2 aromatic carbocycles. The first-order valence-electron chi connectivity index (χ1n) is 11.2. The Balaban J connectivity index is 1.54. The number of alkyl halides is 3. The van der Waals surface area contributed by atoms with Crippen molar-refractivity contribution in [3.05, 3.63) is 59.2 Å². The molecule has 10 heteroatoms. The van der Waals surface area contributed by atoms with Gasteiger partial charge in [-0.3, -0.25) is 4.40 Å². The van der Waals surface area contributed by atoms with Gasteiger partial charge in [-0.25, -0.2) is 4.39 Å². The van der Waals surface area contributed by atoms with E-state index in [4.69, 9.17) is 4.74 Å². The Morgan fingerprint density at radius 2 is 1.89 bits per heavy atom. The number of anilines is 2. The molecule has 1 aliphatic carbocycles. The maximum atomic E-state index is 15.2. The normalized spacial score (nSPS) is 17.1. The first-order chi connectivity index (χ1) is 16.8. The highest BCUT2D eigenvalue weighted by atomic mass is 19.4. The molecule has 35 heavy (non-hydrogen) atoms. The lowest BCUT2D eigenvalue weighted by Gasteiger charge is -2.25. The molecule has 1 fully saturated rings. The third-order valence-corrected chi connectivity index (χ3v) is 6.60. The smallest absolute Gasteiger partial charge is 0.375 e. The lowest BCUT2D eigenvalue weighted by Crippen LogP contribution is -2.23. The molecule has 0 radical (unpaired) electrons. The van der Waals surface area contributed by atoms with E-state index < -0.39 is 17.4 Å². The van der Waals surface area contributed by atoms with Crippen molar-refractivity contribution in [2.45, 2.75) is 32.5 Å². The van der Waals surface area contributed by atoms with Gasteiger partial charge < -0.3 is 9.64 Å². The molecule has 0 bridgehead atoms. The van der Waals surface area contributed by atoms with E-state index in [1.54, 1.807) is 35.6 Å². The van der Waals surface area contributed by atoms with E-state index in [1.807, 2.05) is 11.0 Å². The lowest BCUT2D eigenvalue weighted by molar-refractivity contribution is -0.168. The van der Waals surface area contributed by atoms with Crippen LogP contribution in [0.15, 0.2) is 36.4 Å². The van der Waals surface area contributed by atoms with Crippen LogP contribution in [-0.4, -0.2) is 38.9 Å². The first kappa shape index (κ1) is 21.8. The molecule has 6 rings (SSSR count). The van der Waals surface area contributed by atoms with Gasteiger partial charge in [-0.2, -0.15) is 18.2 Å². The molecule has 2 aromatic heterocycles. The van der Waals surface area contributed by atoms with Crippen molar-refractivity contribution in [3.8, 4) is 11.8 Å². The molecule has 0 saturated heterocycles. The van der Waals surface area contributed by atoms with Crippen molar-refractivity contribution in [2.75, 3.05) is 18.1 Å². The summed E-state index contributed by atoms with van der Waals surface area (Å²) in [6, 6.07) is 9.98. The van der Waals surface area contributed by atoms with Gasteiger partial charge in [0.2, 0.25) is 0 Å². The monoisotopic (exact) mass is 481 g/mol. The fourth-order valence-corrected chi connectivity index (χ4v) is 4.53. The predicted octanol–water partition coefficient (Wildman–Crippen LogP) is 5.09. The van der Waals surface area contributed by atoms with Gasteiger partial charge in [0.05, 0.1) is 24.1 Å². The van der Waals surface area contributed by atoms with Crippen molar-refractivity contribution < 1.29 is 22.3 Å². The average molecular weight is 481 g/mol. The van der Waals surface area contributed by atoms with Crippen LogP contribution in [0.5, 0.6) is 0 Å². The van der Waals surface area contributed by atoms with Gasteiger partial charge in [0, 0.05) is 23.4 Å². The Bertz CT molecular complexity index is 1550. The van der Waals surface area contributed by atoms with Crippen LogP contribution in [-0.2, 0) is 11.3 Å². The Morgan fingerprint density at radius 3 is 2.66 bits per heavy atom. The Kier molecular flexibility index (Phi) is 4.76. The number of hydrogen-bond acceptors (Lipinski definition) is 5. The number of benzene rings is 2. The highest BCUT2D eigenvalue weighted by molar-refractivity contribution is 5.94. The van der Waals surface area contributed by atoms with Gasteiger partial charge >= 0.3 is 6.18 Å². The molecular formula is C25H19F4N5O. The first-order valence-corrected chi connectivity index (χ1v) is 11.2. The van der Waals surface area contributed by atoms with Gasteiger partial charge in [-0.05, 0) is 44.0 Å². The van der Waals surface area contributed by atoms with Crippen molar-refractivity contribution in [1.29, 1.82) is 0 Å². The number of nitrogens with zero attached hydrogens (tertiary/aromatic N) is 5. The Labute approximate surface area is 197 Å². The summed E-state index contributed by atoms with van der Waals surface area (Å²) in [6.45, 7) is 2.60. The van der Waals surface area contributed by atoms with E-state index in [9.17, 15) is 13.2 Å². The summed E-state index contributed by atoms with van der Waals surface area (Å²) >= 11 is 0. The average Bonchev–Trinajstić information content (AvgIpc) is 3.58. The zero-order chi connectivity index (χ0) is 24.4. The van der Waals surface area contributed by atoms with Gasteiger partial charge in [0.15, 0.2) is 0 Å². The predicted molar refractivity (Wildman–Crippen MR) is 121 cm³/mol. The van der Waals surface area contributed by atoms with Crippen LogP contribution in [0.3, 0.4) is 0 Å². The fourth-order valence-electron chi connectivity index (χ4n) is 4.53. The molecule has 1 saturated carbocycles. The van der Waals surface area contributed by atoms with E-state index in [2.05, 4.69) is 27.0 Å². The zero-order valence-electron chi connectivity index (χ0n) is 18.7. The standard InChI is InChI=1S/C25H19F4N5O/c1-15-31-32-23-30-22(21-18(26)5-3-7-20(21)34(15)23)33-12-13-35-14-17-16(4-2-6-19(17)33)8-9-24(10-11-24)25(27,28)29/h2-7H,10-14H2,1H3. The van der Waals surface area contributed by atoms with E-state index >= 15 is 4.39 Å². The molecule has 1 aliphatic heterocycles. The summed E-state index contributed by atoms with van der Waals surface area (Å²) in [7, 11) is 0. The summed E-state index contributed by atoms with van der Waals surface area (Å²) in [5, 5.41) is 8.51. The number of aryl methyl sites for hydroxylation is 1. The van der Waals surface area contributed by atoms with Crippen LogP contribution in [0.2, 0.25) is 0 Å². The number of rotatable bonds is 1. The van der Waals surface area contributed by atoms with Crippen LogP contribution in [0.25, 0.3) is 16.7 Å². The second-order valence-corrected chi connectivity index (χ2v) is 8.79. The molecule has 0 N–H and O–H groups in total. The topological polar surface area (TPSA) is 55.5 Å². The number of hydrogen-bond donors (Lipinski definition) is 0. The van der Waals surface area contributed by atoms with Crippen molar-refractivity contribution in [2.24, 2.45) is 5.41 Å². The molecular weight excluding hydrogens is 462 g/mol. The minimum atomic E-state index is -4.36. The van der Waals surface area contributed by atoms with Crippen molar-refractivity contribution in [1.82, 2.24) is 19.6 Å². The molecule has 178 valence electrons. The molecule has 0 atom stereocenters. The van der Waals surface area contributed by atoms with Crippen LogP contribution < -0.4 is 4.90 Å². The van der Waals surface area contributed by atoms with Gasteiger partial charge in [-0.15, -0.1) is 10.2 Å². The van der Waals surface area contributed by atoms with Crippen LogP contribution >= 0.6 is 0 Å². The zero-order valence-corrected chi connectivity index (χ0v) is 18.7. The SMILES string of the molecule is Cc1nnc2nc(N3CCOCc4c(C#CC5(C(F)(F)F)CC5)cccc43)c3c(F)cccc3n12. The summed E-state index contributed by atoms with van der Waals surface area (Å²) in [6.07, 6.45) is -4.34. The maximum Gasteiger partial charge on any atom is 0.405 e. The number of ether oxygens (including phenoxy) is 1. The number of fused-ring (bicyclic) bond motifs is 4. The lowest BCUT2D eigenvalue weighted by atomic mass is 10.0. The molecule has 3 heterocycles. The van der Waals surface area contributed by atoms with Crippen molar-refractivity contribution in [3.63, 3.8) is 0 Å². The second kappa shape index (κ2) is 7.65. The summed E-state index contributed by atoms with van der Waals surface area (Å²) in [5.74, 6) is 6.01. The van der Waals surface area contributed by atoms with Crippen LogP contribution in [0, 0.1) is 30.0 Å². The maximum absolute atomic E-state index is 15.2. The quantitative estimate of drug-likeness (QED) is 0.280. The van der Waals surface area contributed by atoms with E-state index in [-0.39, 0.29) is 19.4 Å². The minimum Gasteiger partial charge on any atom is -0.375 e. The molecule has 6 nitrogen and oxygen atoms in total. The van der Waals surface area contributed by atoms with E-state index in [0.29, 0.717) is 58.3 Å². The largest absolute Gasteiger partial charge is 0.405 e. The summed E-state index contributed by atoms with van der Waals surface area (Å²) < 4.78 is 62.9. The van der Waals surface area contributed by atoms with Crippen molar-refractivity contribution >= 4 is 28.2 Å².